The first-order valence-corrected chi connectivity index (χ1v) is 8.24. The van der Waals surface area contributed by atoms with Gasteiger partial charge in [-0.25, -0.2) is 4.98 Å². The van der Waals surface area contributed by atoms with E-state index in [1.165, 1.54) is 19.3 Å². The van der Waals surface area contributed by atoms with Crippen LogP contribution in [0.25, 0.3) is 0 Å². The molecule has 0 bridgehead atoms. The number of nitrogens with one attached hydrogen (secondary N) is 1. The van der Waals surface area contributed by atoms with E-state index in [9.17, 15) is 4.79 Å². The van der Waals surface area contributed by atoms with Gasteiger partial charge >= 0.3 is 0 Å². The van der Waals surface area contributed by atoms with Crippen LogP contribution in [0, 0.1) is 11.8 Å². The van der Waals surface area contributed by atoms with Crippen LogP contribution in [0.3, 0.4) is 0 Å². The average molecular weight is 280 g/mol. The Morgan fingerprint density at radius 2 is 2.16 bits per heavy atom. The third kappa shape index (κ3) is 4.30. The minimum Gasteiger partial charge on any atom is -0.347 e. The Balaban J connectivity index is 1.97. The van der Waals surface area contributed by atoms with Crippen LogP contribution in [0.15, 0.2) is 11.6 Å². The van der Waals surface area contributed by atoms with Gasteiger partial charge in [0.15, 0.2) is 0 Å². The van der Waals surface area contributed by atoms with Crippen LogP contribution >= 0.6 is 11.3 Å². The zero-order chi connectivity index (χ0) is 13.7. The number of thiazole rings is 1. The molecule has 1 aliphatic carbocycles. The van der Waals surface area contributed by atoms with Crippen molar-refractivity contribution in [2.45, 2.75) is 58.4 Å². The van der Waals surface area contributed by atoms with Crippen molar-refractivity contribution in [2.24, 2.45) is 11.8 Å². The maximum absolute atomic E-state index is 12.4. The molecular formula is C15H24N2OS. The van der Waals surface area contributed by atoms with E-state index < -0.39 is 0 Å². The predicted octanol–water partition coefficient (Wildman–Crippen LogP) is 3.93. The van der Waals surface area contributed by atoms with Crippen molar-refractivity contribution in [3.8, 4) is 0 Å². The maximum Gasteiger partial charge on any atom is 0.223 e. The highest BCUT2D eigenvalue weighted by Gasteiger charge is 2.25. The van der Waals surface area contributed by atoms with Crippen molar-refractivity contribution < 1.29 is 4.79 Å². The van der Waals surface area contributed by atoms with E-state index in [-0.39, 0.29) is 17.9 Å². The summed E-state index contributed by atoms with van der Waals surface area (Å²) in [5, 5.41) is 6.25. The van der Waals surface area contributed by atoms with Crippen molar-refractivity contribution in [2.75, 3.05) is 0 Å². The van der Waals surface area contributed by atoms with E-state index in [1.807, 2.05) is 11.6 Å². The first-order chi connectivity index (χ1) is 9.16. The molecule has 1 unspecified atom stereocenters. The molecule has 0 saturated heterocycles. The highest BCUT2D eigenvalue weighted by atomic mass is 32.1. The molecule has 0 aromatic carbocycles. The van der Waals surface area contributed by atoms with Gasteiger partial charge in [-0.05, 0) is 25.2 Å². The predicted molar refractivity (Wildman–Crippen MR) is 79.0 cm³/mol. The summed E-state index contributed by atoms with van der Waals surface area (Å²) in [5.41, 5.74) is 0. The molecular weight excluding hydrogens is 256 g/mol. The van der Waals surface area contributed by atoms with Crippen LogP contribution in [0.1, 0.15) is 63.4 Å². The Kier molecular flexibility index (Phi) is 5.37. The molecule has 1 aromatic rings. The van der Waals surface area contributed by atoms with Gasteiger partial charge in [0.1, 0.15) is 5.01 Å². The second-order valence-corrected chi connectivity index (χ2v) is 6.82. The molecule has 1 atom stereocenters. The number of carbonyl (C=O) groups excluding carboxylic acids is 1. The third-order valence-electron chi connectivity index (χ3n) is 3.75. The standard InChI is InChI=1S/C15H24N2OS/c1-11(2)10-13(15-16-8-9-19-15)17-14(18)12-6-4-3-5-7-12/h8-9,11-13H,3-7,10H2,1-2H3,(H,17,18). The number of rotatable bonds is 5. The van der Waals surface area contributed by atoms with Crippen molar-refractivity contribution >= 4 is 17.2 Å². The van der Waals surface area contributed by atoms with Crippen LogP contribution in [-0.2, 0) is 4.79 Å². The first-order valence-electron chi connectivity index (χ1n) is 7.36. The SMILES string of the molecule is CC(C)CC(NC(=O)C1CCCCC1)c1nccs1. The molecule has 106 valence electrons. The molecule has 1 aromatic heterocycles. The summed E-state index contributed by atoms with van der Waals surface area (Å²) in [6.45, 7) is 4.38. The number of aromatic nitrogens is 1. The zero-order valence-corrected chi connectivity index (χ0v) is 12.7. The Hall–Kier alpha value is -0.900. The zero-order valence-electron chi connectivity index (χ0n) is 11.9. The Morgan fingerprint density at radius 3 is 2.74 bits per heavy atom. The van der Waals surface area contributed by atoms with Crippen LogP contribution in [-0.4, -0.2) is 10.9 Å². The number of amides is 1. The number of carbonyl (C=O) groups is 1. The Morgan fingerprint density at radius 1 is 1.42 bits per heavy atom. The van der Waals surface area contributed by atoms with Crippen molar-refractivity contribution in [1.82, 2.24) is 10.3 Å². The largest absolute Gasteiger partial charge is 0.347 e. The fraction of sp³-hybridized carbons (Fsp3) is 0.733. The summed E-state index contributed by atoms with van der Waals surface area (Å²) >= 11 is 1.64. The molecule has 1 N–H and O–H groups in total. The van der Waals surface area contributed by atoms with Crippen LogP contribution in [0.4, 0.5) is 0 Å². The first kappa shape index (κ1) is 14.5. The lowest BCUT2D eigenvalue weighted by Crippen LogP contribution is -2.35. The fourth-order valence-electron chi connectivity index (χ4n) is 2.75. The van der Waals surface area contributed by atoms with E-state index in [0.717, 1.165) is 24.3 Å². The Labute approximate surface area is 119 Å². The van der Waals surface area contributed by atoms with Crippen LogP contribution in [0.2, 0.25) is 0 Å². The van der Waals surface area contributed by atoms with Gasteiger partial charge in [-0.3, -0.25) is 4.79 Å². The van der Waals surface area contributed by atoms with Gasteiger partial charge in [0.2, 0.25) is 5.91 Å². The maximum atomic E-state index is 12.4. The summed E-state index contributed by atoms with van der Waals surface area (Å²) in [6, 6.07) is 0.0921. The minimum atomic E-state index is 0.0921. The second-order valence-electron chi connectivity index (χ2n) is 5.90. The molecule has 1 saturated carbocycles. The lowest BCUT2D eigenvalue weighted by atomic mass is 9.88. The van der Waals surface area contributed by atoms with E-state index in [1.54, 1.807) is 11.3 Å². The van der Waals surface area contributed by atoms with Crippen molar-refractivity contribution in [3.63, 3.8) is 0 Å². The number of hydrogen-bond donors (Lipinski definition) is 1. The van der Waals surface area contributed by atoms with Gasteiger partial charge < -0.3 is 5.32 Å². The van der Waals surface area contributed by atoms with E-state index in [2.05, 4.69) is 24.1 Å². The summed E-state index contributed by atoms with van der Waals surface area (Å²) in [5.74, 6) is 1.02. The molecule has 0 radical (unpaired) electrons. The van der Waals surface area contributed by atoms with Gasteiger partial charge in [-0.1, -0.05) is 33.1 Å². The summed E-state index contributed by atoms with van der Waals surface area (Å²) in [6.07, 6.45) is 8.57. The smallest absolute Gasteiger partial charge is 0.223 e. The summed E-state index contributed by atoms with van der Waals surface area (Å²) in [7, 11) is 0. The molecule has 1 fully saturated rings. The highest BCUT2D eigenvalue weighted by molar-refractivity contribution is 7.09. The molecule has 1 heterocycles. The van der Waals surface area contributed by atoms with Gasteiger partial charge in [-0.15, -0.1) is 11.3 Å². The quantitative estimate of drug-likeness (QED) is 0.888. The molecule has 1 aliphatic rings. The van der Waals surface area contributed by atoms with E-state index in [0.29, 0.717) is 5.92 Å². The van der Waals surface area contributed by atoms with Crippen molar-refractivity contribution in [3.05, 3.63) is 16.6 Å². The second kappa shape index (κ2) is 7.04. The normalized spacial score (nSPS) is 18.5. The molecule has 4 heteroatoms. The van der Waals surface area contributed by atoms with Gasteiger partial charge in [-0.2, -0.15) is 0 Å². The minimum absolute atomic E-state index is 0.0921. The molecule has 19 heavy (non-hydrogen) atoms. The van der Waals surface area contributed by atoms with Gasteiger partial charge in [0.05, 0.1) is 6.04 Å². The Bertz CT molecular complexity index is 383. The fourth-order valence-corrected chi connectivity index (χ4v) is 3.46. The lowest BCUT2D eigenvalue weighted by molar-refractivity contribution is -0.126. The van der Waals surface area contributed by atoms with E-state index in [4.69, 9.17) is 0 Å². The third-order valence-corrected chi connectivity index (χ3v) is 4.64. The van der Waals surface area contributed by atoms with Crippen LogP contribution < -0.4 is 5.32 Å². The molecule has 0 aliphatic heterocycles. The molecule has 3 nitrogen and oxygen atoms in total. The molecule has 1 amide bonds. The van der Waals surface area contributed by atoms with Crippen molar-refractivity contribution in [1.29, 1.82) is 0 Å². The van der Waals surface area contributed by atoms with Gasteiger partial charge in [0, 0.05) is 17.5 Å². The van der Waals surface area contributed by atoms with Gasteiger partial charge in [0.25, 0.3) is 0 Å². The monoisotopic (exact) mass is 280 g/mol. The van der Waals surface area contributed by atoms with E-state index >= 15 is 0 Å². The van der Waals surface area contributed by atoms with Crippen LogP contribution in [0.5, 0.6) is 0 Å². The number of nitrogens with zero attached hydrogens (tertiary/aromatic N) is 1. The number of hydrogen-bond acceptors (Lipinski definition) is 3. The highest BCUT2D eigenvalue weighted by Crippen LogP contribution is 2.27. The average Bonchev–Trinajstić information content (AvgIpc) is 2.92. The summed E-state index contributed by atoms with van der Waals surface area (Å²) < 4.78 is 0. The molecule has 2 rings (SSSR count). The lowest BCUT2D eigenvalue weighted by Gasteiger charge is -2.25. The summed E-state index contributed by atoms with van der Waals surface area (Å²) in [4.78, 5) is 16.7. The topological polar surface area (TPSA) is 42.0 Å². The molecule has 0 spiro atoms.